The van der Waals surface area contributed by atoms with Gasteiger partial charge in [-0.1, -0.05) is 48.0 Å². The third-order valence-electron chi connectivity index (χ3n) is 4.04. The Morgan fingerprint density at radius 2 is 1.15 bits per heavy atom. The lowest BCUT2D eigenvalue weighted by Gasteiger charge is -2.38. The van der Waals surface area contributed by atoms with Crippen LogP contribution in [0, 0.1) is 23.7 Å². The quantitative estimate of drug-likeness (QED) is 0.581. The summed E-state index contributed by atoms with van der Waals surface area (Å²) in [7, 11) is 0. The highest BCUT2D eigenvalue weighted by molar-refractivity contribution is 4.80. The number of hydrogen-bond acceptors (Lipinski definition) is 0. The summed E-state index contributed by atoms with van der Waals surface area (Å²) in [6.07, 6.45) is 5.76. The summed E-state index contributed by atoms with van der Waals surface area (Å²) in [6.45, 7) is 9.57. The molecule has 0 amide bonds. The van der Waals surface area contributed by atoms with E-state index in [0.717, 1.165) is 23.7 Å². The van der Waals surface area contributed by atoms with E-state index in [1.165, 1.54) is 25.7 Å². The summed E-state index contributed by atoms with van der Waals surface area (Å²) >= 11 is 0. The van der Waals surface area contributed by atoms with Gasteiger partial charge in [-0.3, -0.25) is 0 Å². The maximum Gasteiger partial charge on any atom is -0.0386 e. The van der Waals surface area contributed by atoms with Crippen LogP contribution in [0.4, 0.5) is 0 Å². The average Bonchev–Trinajstić information content (AvgIpc) is 2.09. The van der Waals surface area contributed by atoms with Gasteiger partial charge in [0.1, 0.15) is 0 Å². The molecule has 13 heavy (non-hydrogen) atoms. The second-order valence-corrected chi connectivity index (χ2v) is 4.76. The molecule has 0 nitrogen and oxygen atoms in total. The number of rotatable bonds is 2. The largest absolute Gasteiger partial charge is 0.0776 e. The summed E-state index contributed by atoms with van der Waals surface area (Å²) in [6, 6.07) is 0. The van der Waals surface area contributed by atoms with Gasteiger partial charge in [-0.2, -0.15) is 0 Å². The van der Waals surface area contributed by atoms with Crippen LogP contribution >= 0.6 is 0 Å². The van der Waals surface area contributed by atoms with Crippen molar-refractivity contribution >= 4 is 0 Å². The first-order valence-corrected chi connectivity index (χ1v) is 5.69. The third-order valence-corrected chi connectivity index (χ3v) is 4.04. The van der Waals surface area contributed by atoms with Crippen LogP contribution in [0.2, 0.25) is 0 Å². The molecule has 0 aromatic carbocycles. The van der Waals surface area contributed by atoms with Crippen molar-refractivity contribution in [3.8, 4) is 0 Å². The standard InChI is InChI=1S/C12H24.CH4/c1-5-11-7-9(3)10(4)8-12(11)6-2;/h9-12H,5-8H2,1-4H3;1H4/t9-,10+,11-,12+;. The van der Waals surface area contributed by atoms with Crippen molar-refractivity contribution in [3.05, 3.63) is 0 Å². The smallest absolute Gasteiger partial charge is 0.0386 e. The Balaban J connectivity index is 0.00000144. The predicted octanol–water partition coefficient (Wildman–Crippen LogP) is 4.74. The topological polar surface area (TPSA) is 0 Å². The van der Waals surface area contributed by atoms with E-state index in [0.29, 0.717) is 0 Å². The molecule has 0 bridgehead atoms. The zero-order valence-electron chi connectivity index (χ0n) is 9.14. The normalized spacial score (nSPS) is 39.7. The molecular formula is C13H28. The van der Waals surface area contributed by atoms with Gasteiger partial charge in [-0.05, 0) is 36.5 Å². The Morgan fingerprint density at radius 1 is 0.846 bits per heavy atom. The van der Waals surface area contributed by atoms with Crippen molar-refractivity contribution in [1.82, 2.24) is 0 Å². The fraction of sp³-hybridized carbons (Fsp3) is 1.00. The lowest BCUT2D eigenvalue weighted by atomic mass is 9.68. The Kier molecular flexibility index (Phi) is 5.67. The molecule has 0 radical (unpaired) electrons. The van der Waals surface area contributed by atoms with Crippen molar-refractivity contribution in [2.75, 3.05) is 0 Å². The summed E-state index contributed by atoms with van der Waals surface area (Å²) < 4.78 is 0. The molecule has 0 aliphatic heterocycles. The van der Waals surface area contributed by atoms with E-state index in [1.54, 1.807) is 0 Å². The van der Waals surface area contributed by atoms with Crippen LogP contribution in [0.5, 0.6) is 0 Å². The number of hydrogen-bond donors (Lipinski definition) is 0. The van der Waals surface area contributed by atoms with Gasteiger partial charge in [0.05, 0.1) is 0 Å². The minimum Gasteiger partial charge on any atom is -0.0776 e. The monoisotopic (exact) mass is 184 g/mol. The van der Waals surface area contributed by atoms with Gasteiger partial charge >= 0.3 is 0 Å². The van der Waals surface area contributed by atoms with Gasteiger partial charge in [0.25, 0.3) is 0 Å². The molecule has 1 fully saturated rings. The van der Waals surface area contributed by atoms with E-state index in [-0.39, 0.29) is 7.43 Å². The molecule has 1 saturated carbocycles. The molecule has 0 unspecified atom stereocenters. The summed E-state index contributed by atoms with van der Waals surface area (Å²) in [5, 5.41) is 0. The minimum atomic E-state index is 0. The highest BCUT2D eigenvalue weighted by Crippen LogP contribution is 2.40. The molecule has 1 aliphatic rings. The lowest BCUT2D eigenvalue weighted by molar-refractivity contribution is 0.126. The first-order valence-electron chi connectivity index (χ1n) is 5.69. The van der Waals surface area contributed by atoms with Crippen LogP contribution < -0.4 is 0 Å². The molecule has 0 heteroatoms. The molecule has 0 N–H and O–H groups in total. The van der Waals surface area contributed by atoms with Gasteiger partial charge < -0.3 is 0 Å². The second kappa shape index (κ2) is 5.67. The van der Waals surface area contributed by atoms with Crippen molar-refractivity contribution in [2.45, 2.75) is 60.8 Å². The van der Waals surface area contributed by atoms with Gasteiger partial charge in [-0.15, -0.1) is 0 Å². The van der Waals surface area contributed by atoms with E-state index in [4.69, 9.17) is 0 Å². The van der Waals surface area contributed by atoms with Gasteiger partial charge in [-0.25, -0.2) is 0 Å². The highest BCUT2D eigenvalue weighted by atomic mass is 14.4. The third kappa shape index (κ3) is 3.00. The molecule has 1 rings (SSSR count). The molecule has 80 valence electrons. The second-order valence-electron chi connectivity index (χ2n) is 4.76. The summed E-state index contributed by atoms with van der Waals surface area (Å²) in [4.78, 5) is 0. The Morgan fingerprint density at radius 3 is 1.38 bits per heavy atom. The first-order chi connectivity index (χ1) is 5.69. The molecular weight excluding hydrogens is 156 g/mol. The van der Waals surface area contributed by atoms with Crippen LogP contribution in [-0.4, -0.2) is 0 Å². The summed E-state index contributed by atoms with van der Waals surface area (Å²) in [5.74, 6) is 4.00. The van der Waals surface area contributed by atoms with Crippen molar-refractivity contribution < 1.29 is 0 Å². The van der Waals surface area contributed by atoms with Crippen LogP contribution in [-0.2, 0) is 0 Å². The molecule has 0 heterocycles. The average molecular weight is 184 g/mol. The van der Waals surface area contributed by atoms with Gasteiger partial charge in [0, 0.05) is 0 Å². The zero-order chi connectivity index (χ0) is 9.14. The van der Waals surface area contributed by atoms with E-state index in [2.05, 4.69) is 27.7 Å². The summed E-state index contributed by atoms with van der Waals surface area (Å²) in [5.41, 5.74) is 0. The Labute approximate surface area is 85.1 Å². The molecule has 0 spiro atoms. The predicted molar refractivity (Wildman–Crippen MR) is 61.9 cm³/mol. The highest BCUT2D eigenvalue weighted by Gasteiger charge is 2.30. The van der Waals surface area contributed by atoms with E-state index >= 15 is 0 Å². The SMILES string of the molecule is C.CC[C@@H]1C[C@@H](C)[C@@H](C)C[C@@H]1CC. The first kappa shape index (κ1) is 13.0. The van der Waals surface area contributed by atoms with Crippen molar-refractivity contribution in [2.24, 2.45) is 23.7 Å². The van der Waals surface area contributed by atoms with Gasteiger partial charge in [0.15, 0.2) is 0 Å². The molecule has 0 saturated heterocycles. The fourth-order valence-corrected chi connectivity index (χ4v) is 2.80. The molecule has 0 aromatic rings. The fourth-order valence-electron chi connectivity index (χ4n) is 2.80. The van der Waals surface area contributed by atoms with Gasteiger partial charge in [0.2, 0.25) is 0 Å². The van der Waals surface area contributed by atoms with Crippen LogP contribution in [0.1, 0.15) is 60.8 Å². The van der Waals surface area contributed by atoms with E-state index in [1.807, 2.05) is 0 Å². The maximum atomic E-state index is 2.43. The van der Waals surface area contributed by atoms with E-state index < -0.39 is 0 Å². The lowest BCUT2D eigenvalue weighted by Crippen LogP contribution is -2.28. The van der Waals surface area contributed by atoms with Crippen LogP contribution in [0.15, 0.2) is 0 Å². The van der Waals surface area contributed by atoms with Crippen LogP contribution in [0.3, 0.4) is 0 Å². The molecule has 0 aromatic heterocycles. The van der Waals surface area contributed by atoms with Crippen molar-refractivity contribution in [3.63, 3.8) is 0 Å². The minimum absolute atomic E-state index is 0. The molecule has 4 atom stereocenters. The van der Waals surface area contributed by atoms with Crippen molar-refractivity contribution in [1.29, 1.82) is 0 Å². The maximum absolute atomic E-state index is 2.43. The zero-order valence-corrected chi connectivity index (χ0v) is 9.14. The Bertz CT molecular complexity index is 112. The van der Waals surface area contributed by atoms with E-state index in [9.17, 15) is 0 Å². The van der Waals surface area contributed by atoms with Crippen LogP contribution in [0.25, 0.3) is 0 Å². The molecule has 1 aliphatic carbocycles. The Hall–Kier alpha value is 0.